The maximum atomic E-state index is 14.0. The highest BCUT2D eigenvalue weighted by Gasteiger charge is 2.50. The number of hydrazine groups is 1. The minimum atomic E-state index is -4.81. The van der Waals surface area contributed by atoms with E-state index in [-0.39, 0.29) is 45.6 Å². The second-order valence-electron chi connectivity index (χ2n) is 12.2. The van der Waals surface area contributed by atoms with Crippen LogP contribution in [0.25, 0.3) is 16.3 Å². The summed E-state index contributed by atoms with van der Waals surface area (Å²) < 4.78 is 111. The first kappa shape index (κ1) is 38.1. The van der Waals surface area contributed by atoms with E-state index < -0.39 is 52.1 Å². The van der Waals surface area contributed by atoms with Crippen molar-refractivity contribution in [2.45, 2.75) is 56.3 Å². The molecule has 4 aromatic rings. The van der Waals surface area contributed by atoms with Gasteiger partial charge >= 0.3 is 12.4 Å². The Labute approximate surface area is 309 Å². The summed E-state index contributed by atoms with van der Waals surface area (Å²) >= 11 is 13.8. The van der Waals surface area contributed by atoms with Crippen LogP contribution in [0.15, 0.2) is 54.6 Å². The van der Waals surface area contributed by atoms with Crippen LogP contribution in [-0.2, 0) is 22.0 Å². The molecule has 0 unspecified atom stereocenters. The zero-order chi connectivity index (χ0) is 37.4. The molecule has 2 saturated heterocycles. The Morgan fingerprint density at radius 1 is 0.923 bits per heavy atom. The molecule has 2 aromatic heterocycles. The van der Waals surface area contributed by atoms with Crippen LogP contribution in [0.3, 0.4) is 0 Å². The minimum Gasteiger partial charge on any atom is -0.283 e. The number of hydrogen-bond donors (Lipinski definition) is 1. The molecule has 276 valence electrons. The predicted octanol–water partition coefficient (Wildman–Crippen LogP) is 8.31. The Morgan fingerprint density at radius 3 is 2.29 bits per heavy atom. The van der Waals surface area contributed by atoms with Gasteiger partial charge in [-0.15, -0.1) is 11.3 Å². The molecule has 52 heavy (non-hydrogen) atoms. The summed E-state index contributed by atoms with van der Waals surface area (Å²) in [4.78, 5) is 14.7. The molecule has 1 amide bonds. The molecule has 1 atom stereocenters. The van der Waals surface area contributed by atoms with Gasteiger partial charge in [-0.1, -0.05) is 41.5 Å². The Hall–Kier alpha value is -3.59. The van der Waals surface area contributed by atoms with E-state index in [0.717, 1.165) is 42.7 Å². The molecular weight excluding hydrogens is 775 g/mol. The van der Waals surface area contributed by atoms with Gasteiger partial charge in [-0.25, -0.2) is 18.1 Å². The van der Waals surface area contributed by atoms with Crippen LogP contribution in [-0.4, -0.2) is 65.3 Å². The first-order valence-electron chi connectivity index (χ1n) is 16.0. The molecule has 0 radical (unpaired) electrons. The second-order valence-corrected chi connectivity index (χ2v) is 16.1. The van der Waals surface area contributed by atoms with Crippen molar-refractivity contribution < 1.29 is 39.6 Å². The molecule has 8 nitrogen and oxygen atoms in total. The van der Waals surface area contributed by atoms with Gasteiger partial charge in [0.25, 0.3) is 5.91 Å². The van der Waals surface area contributed by atoms with Gasteiger partial charge in [0.1, 0.15) is 6.04 Å². The zero-order valence-corrected chi connectivity index (χ0v) is 30.1. The third-order valence-electron chi connectivity index (χ3n) is 8.60. The molecule has 0 aliphatic carbocycles. The predicted molar refractivity (Wildman–Crippen MR) is 186 cm³/mol. The summed E-state index contributed by atoms with van der Waals surface area (Å²) in [6.07, 6.45) is -7.14. The summed E-state index contributed by atoms with van der Waals surface area (Å²) in [6, 6.07) is 9.64. The van der Waals surface area contributed by atoms with Gasteiger partial charge in [0.15, 0.2) is 5.69 Å². The van der Waals surface area contributed by atoms with Crippen LogP contribution in [0.4, 0.5) is 26.3 Å². The minimum absolute atomic E-state index is 0.00407. The third-order valence-corrected chi connectivity index (χ3v) is 11.9. The normalized spacial score (nSPS) is 17.6. The highest BCUT2D eigenvalue weighted by molar-refractivity contribution is 7.88. The van der Waals surface area contributed by atoms with Crippen LogP contribution < -0.4 is 5.43 Å². The van der Waals surface area contributed by atoms with Gasteiger partial charge in [-0.05, 0) is 80.3 Å². The monoisotopic (exact) mass is 803 g/mol. The van der Waals surface area contributed by atoms with Crippen LogP contribution in [0.5, 0.6) is 0 Å². The maximum Gasteiger partial charge on any atom is 0.416 e. The summed E-state index contributed by atoms with van der Waals surface area (Å²) in [7, 11) is -4.70. The Kier molecular flexibility index (Phi) is 11.0. The van der Waals surface area contributed by atoms with Gasteiger partial charge in [0.05, 0.1) is 37.5 Å². The van der Waals surface area contributed by atoms with Crippen molar-refractivity contribution in [3.63, 3.8) is 0 Å². The molecule has 4 heterocycles. The number of amides is 1. The largest absolute Gasteiger partial charge is 0.416 e. The molecule has 2 aliphatic heterocycles. The number of halogens is 8. The quantitative estimate of drug-likeness (QED) is 0.150. The number of carbonyl (C=O) groups excluding carboxylic acids is 1. The molecule has 2 fully saturated rings. The highest BCUT2D eigenvalue weighted by Crippen LogP contribution is 2.40. The lowest BCUT2D eigenvalue weighted by molar-refractivity contribution is -0.165. The number of thiophene rings is 1. The topological polar surface area (TPSA) is 87.5 Å². The smallest absolute Gasteiger partial charge is 0.283 e. The van der Waals surface area contributed by atoms with E-state index >= 15 is 0 Å². The van der Waals surface area contributed by atoms with E-state index in [4.69, 9.17) is 23.2 Å². The summed E-state index contributed by atoms with van der Waals surface area (Å²) in [5.41, 5.74) is 2.04. The van der Waals surface area contributed by atoms with E-state index in [1.54, 1.807) is 17.1 Å². The number of nitrogens with one attached hydrogen (secondary N) is 1. The summed E-state index contributed by atoms with van der Waals surface area (Å²) in [6.45, 7) is 0.711. The number of piperidine rings is 1. The fourth-order valence-electron chi connectivity index (χ4n) is 6.13. The van der Waals surface area contributed by atoms with E-state index in [2.05, 4.69) is 22.4 Å². The average Bonchev–Trinajstić information content (AvgIpc) is 3.83. The SMILES string of the molecule is O=C(NN1CCCCC1)c1nn(-c2ccc(Cl)cc2Cl)c(-c2ccc(C#Cc3ccc(C(F)(F)F)cc3)s2)c1CS(=O)(=O)N1CCC[C@@H]1C(F)(F)F. The lowest BCUT2D eigenvalue weighted by Crippen LogP contribution is -2.46. The second kappa shape index (κ2) is 15.0. The van der Waals surface area contributed by atoms with Crippen molar-refractivity contribution in [2.24, 2.45) is 0 Å². The first-order valence-corrected chi connectivity index (χ1v) is 19.2. The van der Waals surface area contributed by atoms with Crippen LogP contribution in [0.1, 0.15) is 64.2 Å². The Bertz CT molecular complexity index is 2130. The average molecular weight is 805 g/mol. The number of sulfonamides is 1. The van der Waals surface area contributed by atoms with Crippen molar-refractivity contribution in [1.82, 2.24) is 24.5 Å². The van der Waals surface area contributed by atoms with E-state index in [0.29, 0.717) is 32.7 Å². The van der Waals surface area contributed by atoms with Crippen molar-refractivity contribution in [2.75, 3.05) is 19.6 Å². The lowest BCUT2D eigenvalue weighted by atomic mass is 10.1. The number of aromatic nitrogens is 2. The summed E-state index contributed by atoms with van der Waals surface area (Å²) in [5, 5.41) is 6.59. The molecule has 1 N–H and O–H groups in total. The lowest BCUT2D eigenvalue weighted by Gasteiger charge is -2.27. The zero-order valence-electron chi connectivity index (χ0n) is 27.0. The van der Waals surface area contributed by atoms with Crippen molar-refractivity contribution in [3.05, 3.63) is 91.9 Å². The number of carbonyl (C=O) groups is 1. The summed E-state index contributed by atoms with van der Waals surface area (Å²) in [5.74, 6) is 3.93. The van der Waals surface area contributed by atoms with Crippen LogP contribution in [0.2, 0.25) is 10.0 Å². The van der Waals surface area contributed by atoms with Crippen LogP contribution >= 0.6 is 34.5 Å². The number of nitrogens with zero attached hydrogens (tertiary/aromatic N) is 4. The number of hydrogen-bond acceptors (Lipinski definition) is 6. The van der Waals surface area contributed by atoms with Gasteiger partial charge in [0.2, 0.25) is 10.0 Å². The van der Waals surface area contributed by atoms with Gasteiger partial charge in [-0.2, -0.15) is 35.7 Å². The molecular formula is C34H29Cl2F6N5O3S2. The van der Waals surface area contributed by atoms with Gasteiger partial charge < -0.3 is 0 Å². The molecule has 0 spiro atoms. The number of alkyl halides is 6. The Balaban J connectivity index is 1.48. The van der Waals surface area contributed by atoms with Crippen LogP contribution in [0, 0.1) is 11.8 Å². The molecule has 0 bridgehead atoms. The number of benzene rings is 2. The fourth-order valence-corrected chi connectivity index (χ4v) is 9.36. The standard InChI is InChI=1S/C34H29Cl2F6N5O3S2/c35-23-11-14-27(26(36)19-23)47-31(28-15-13-24(51-28)12-8-21-6-9-22(10-7-21)33(37,38)39)25(30(43-47)32(48)44-45-16-2-1-3-17-45)20-52(49,50)46-18-4-5-29(46)34(40,41)42/h6-7,9-11,13-15,19,29H,1-5,16-18,20H2,(H,44,48)/t29-/m1/s1. The van der Waals surface area contributed by atoms with Crippen molar-refractivity contribution >= 4 is 50.5 Å². The number of rotatable bonds is 7. The van der Waals surface area contributed by atoms with Gasteiger partial charge in [-0.3, -0.25) is 10.2 Å². The van der Waals surface area contributed by atoms with Crippen molar-refractivity contribution in [3.8, 4) is 28.1 Å². The highest BCUT2D eigenvalue weighted by atomic mass is 35.5. The van der Waals surface area contributed by atoms with E-state index in [9.17, 15) is 39.6 Å². The van der Waals surface area contributed by atoms with Crippen molar-refractivity contribution in [1.29, 1.82) is 0 Å². The molecule has 2 aliphatic rings. The Morgan fingerprint density at radius 2 is 1.63 bits per heavy atom. The molecule has 18 heteroatoms. The maximum absolute atomic E-state index is 14.0. The third kappa shape index (κ3) is 8.45. The molecule has 2 aromatic carbocycles. The van der Waals surface area contributed by atoms with Gasteiger partial charge in [0, 0.05) is 35.8 Å². The fraction of sp³-hybridized carbons (Fsp3) is 0.353. The molecule has 0 saturated carbocycles. The van der Waals surface area contributed by atoms with E-state index in [1.807, 2.05) is 0 Å². The first-order chi connectivity index (χ1) is 24.5. The molecule has 6 rings (SSSR count). The van der Waals surface area contributed by atoms with E-state index in [1.165, 1.54) is 35.0 Å².